The van der Waals surface area contributed by atoms with E-state index < -0.39 is 0 Å². The number of rotatable bonds is 4. The van der Waals surface area contributed by atoms with Gasteiger partial charge in [-0.25, -0.2) is 0 Å². The summed E-state index contributed by atoms with van der Waals surface area (Å²) in [5.41, 5.74) is 8.50. The maximum atomic E-state index is 6.47. The zero-order chi connectivity index (χ0) is 14.8. The Balaban J connectivity index is 2.35. The Kier molecular flexibility index (Phi) is 4.36. The topological polar surface area (TPSA) is 35.2 Å². The summed E-state index contributed by atoms with van der Waals surface area (Å²) in [4.78, 5) is 0. The lowest BCUT2D eigenvalue weighted by molar-refractivity contribution is 0.409. The molecular weight excluding hydrogens is 270 g/mol. The standard InChI is InChI=1S/C17H20ClNO/c1-17(2,13-7-5-4-6-8-13)16(19)12-9-10-15(20-3)14(18)11-12/h4-11,16H,19H2,1-3H3. The van der Waals surface area contributed by atoms with Crippen LogP contribution in [0.25, 0.3) is 0 Å². The molecule has 0 amide bonds. The molecule has 0 aromatic heterocycles. The average Bonchev–Trinajstić information content (AvgIpc) is 2.47. The second-order valence-corrected chi connectivity index (χ2v) is 5.87. The fourth-order valence-electron chi connectivity index (χ4n) is 2.34. The predicted molar refractivity (Wildman–Crippen MR) is 84.4 cm³/mol. The number of ether oxygens (including phenoxy) is 1. The van der Waals surface area contributed by atoms with Gasteiger partial charge in [0.1, 0.15) is 5.75 Å². The van der Waals surface area contributed by atoms with E-state index in [0.29, 0.717) is 10.8 Å². The molecule has 2 rings (SSSR count). The third-order valence-electron chi connectivity index (χ3n) is 3.83. The van der Waals surface area contributed by atoms with E-state index in [4.69, 9.17) is 22.1 Å². The van der Waals surface area contributed by atoms with Crippen LogP contribution in [0.1, 0.15) is 31.0 Å². The molecule has 2 aromatic carbocycles. The molecule has 0 bridgehead atoms. The molecule has 0 radical (unpaired) electrons. The van der Waals surface area contributed by atoms with Crippen LogP contribution in [0.15, 0.2) is 48.5 Å². The van der Waals surface area contributed by atoms with Crippen molar-refractivity contribution in [3.05, 3.63) is 64.7 Å². The lowest BCUT2D eigenvalue weighted by Gasteiger charge is -2.32. The van der Waals surface area contributed by atoms with Crippen LogP contribution >= 0.6 is 11.6 Å². The molecule has 0 spiro atoms. The zero-order valence-corrected chi connectivity index (χ0v) is 12.8. The van der Waals surface area contributed by atoms with Gasteiger partial charge in [-0.05, 0) is 23.3 Å². The highest BCUT2D eigenvalue weighted by molar-refractivity contribution is 6.32. The van der Waals surface area contributed by atoms with Gasteiger partial charge in [0.05, 0.1) is 12.1 Å². The lowest BCUT2D eigenvalue weighted by atomic mass is 9.75. The Morgan fingerprint density at radius 2 is 1.75 bits per heavy atom. The molecule has 0 heterocycles. The molecule has 0 aliphatic heterocycles. The first-order valence-electron chi connectivity index (χ1n) is 6.61. The quantitative estimate of drug-likeness (QED) is 0.909. The van der Waals surface area contributed by atoms with E-state index in [-0.39, 0.29) is 11.5 Å². The summed E-state index contributed by atoms with van der Waals surface area (Å²) in [6.45, 7) is 4.29. The molecule has 2 N–H and O–H groups in total. The Morgan fingerprint density at radius 1 is 1.10 bits per heavy atom. The highest BCUT2D eigenvalue weighted by Gasteiger charge is 2.29. The molecule has 2 nitrogen and oxygen atoms in total. The Hall–Kier alpha value is -1.51. The smallest absolute Gasteiger partial charge is 0.137 e. The predicted octanol–water partition coefficient (Wildman–Crippen LogP) is 4.33. The molecule has 1 atom stereocenters. The summed E-state index contributed by atoms with van der Waals surface area (Å²) in [7, 11) is 1.61. The van der Waals surface area contributed by atoms with Crippen molar-refractivity contribution in [2.45, 2.75) is 25.3 Å². The van der Waals surface area contributed by atoms with Crippen molar-refractivity contribution in [3.63, 3.8) is 0 Å². The van der Waals surface area contributed by atoms with Crippen LogP contribution in [0.2, 0.25) is 5.02 Å². The molecule has 0 aliphatic rings. The maximum Gasteiger partial charge on any atom is 0.137 e. The van der Waals surface area contributed by atoms with Crippen LogP contribution in [0, 0.1) is 0 Å². The normalized spacial score (nSPS) is 13.1. The van der Waals surface area contributed by atoms with E-state index in [1.54, 1.807) is 7.11 Å². The summed E-state index contributed by atoms with van der Waals surface area (Å²) < 4.78 is 5.18. The Morgan fingerprint density at radius 3 is 2.30 bits per heavy atom. The second kappa shape index (κ2) is 5.86. The summed E-state index contributed by atoms with van der Waals surface area (Å²) in [5, 5.41) is 0.587. The molecule has 3 heteroatoms. The number of methoxy groups -OCH3 is 1. The molecular formula is C17H20ClNO. The highest BCUT2D eigenvalue weighted by atomic mass is 35.5. The monoisotopic (exact) mass is 289 g/mol. The number of hydrogen-bond donors (Lipinski definition) is 1. The first-order valence-corrected chi connectivity index (χ1v) is 6.99. The van der Waals surface area contributed by atoms with Gasteiger partial charge in [-0.3, -0.25) is 0 Å². The lowest BCUT2D eigenvalue weighted by Crippen LogP contribution is -2.33. The van der Waals surface area contributed by atoms with Crippen LogP contribution < -0.4 is 10.5 Å². The Bertz CT molecular complexity index is 581. The zero-order valence-electron chi connectivity index (χ0n) is 12.1. The first kappa shape index (κ1) is 14.9. The van der Waals surface area contributed by atoms with Gasteiger partial charge in [0.25, 0.3) is 0 Å². The largest absolute Gasteiger partial charge is 0.495 e. The summed E-state index contributed by atoms with van der Waals surface area (Å²) in [6.07, 6.45) is 0. The van der Waals surface area contributed by atoms with Gasteiger partial charge in [0.15, 0.2) is 0 Å². The number of benzene rings is 2. The van der Waals surface area contributed by atoms with Crippen LogP contribution in [0.5, 0.6) is 5.75 Å². The molecule has 0 aliphatic carbocycles. The number of halogens is 1. The van der Waals surface area contributed by atoms with E-state index in [1.807, 2.05) is 36.4 Å². The van der Waals surface area contributed by atoms with Crippen molar-refractivity contribution < 1.29 is 4.74 Å². The van der Waals surface area contributed by atoms with Crippen LogP contribution in [0.3, 0.4) is 0 Å². The van der Waals surface area contributed by atoms with Gasteiger partial charge in [-0.15, -0.1) is 0 Å². The van der Waals surface area contributed by atoms with Gasteiger partial charge < -0.3 is 10.5 Å². The number of hydrogen-bond acceptors (Lipinski definition) is 2. The molecule has 0 fully saturated rings. The molecule has 0 saturated heterocycles. The van der Waals surface area contributed by atoms with Crippen molar-refractivity contribution in [2.24, 2.45) is 5.73 Å². The maximum absolute atomic E-state index is 6.47. The van der Waals surface area contributed by atoms with Gasteiger partial charge >= 0.3 is 0 Å². The summed E-state index contributed by atoms with van der Waals surface area (Å²) in [6, 6.07) is 15.9. The van der Waals surface area contributed by atoms with E-state index in [0.717, 1.165) is 5.56 Å². The van der Waals surface area contributed by atoms with E-state index in [1.165, 1.54) is 5.56 Å². The third kappa shape index (κ3) is 2.82. The van der Waals surface area contributed by atoms with Crippen molar-refractivity contribution >= 4 is 11.6 Å². The second-order valence-electron chi connectivity index (χ2n) is 5.46. The fourth-order valence-corrected chi connectivity index (χ4v) is 2.61. The van der Waals surface area contributed by atoms with Gasteiger partial charge in [0, 0.05) is 11.5 Å². The minimum Gasteiger partial charge on any atom is -0.495 e. The SMILES string of the molecule is COc1ccc(C(N)C(C)(C)c2ccccc2)cc1Cl. The van der Waals surface area contributed by atoms with Crippen molar-refractivity contribution in [1.29, 1.82) is 0 Å². The molecule has 106 valence electrons. The first-order chi connectivity index (χ1) is 9.46. The third-order valence-corrected chi connectivity index (χ3v) is 4.13. The summed E-state index contributed by atoms with van der Waals surface area (Å²) >= 11 is 6.19. The molecule has 1 unspecified atom stereocenters. The van der Waals surface area contributed by atoms with Gasteiger partial charge in [0.2, 0.25) is 0 Å². The molecule has 0 saturated carbocycles. The minimum atomic E-state index is -0.181. The molecule has 2 aromatic rings. The number of nitrogens with two attached hydrogens (primary N) is 1. The van der Waals surface area contributed by atoms with Crippen LogP contribution in [-0.2, 0) is 5.41 Å². The van der Waals surface area contributed by atoms with E-state index in [2.05, 4.69) is 26.0 Å². The molecule has 20 heavy (non-hydrogen) atoms. The minimum absolute atomic E-state index is 0.145. The van der Waals surface area contributed by atoms with Crippen molar-refractivity contribution in [2.75, 3.05) is 7.11 Å². The van der Waals surface area contributed by atoms with Gasteiger partial charge in [-0.2, -0.15) is 0 Å². The van der Waals surface area contributed by atoms with Crippen LogP contribution in [-0.4, -0.2) is 7.11 Å². The van der Waals surface area contributed by atoms with E-state index in [9.17, 15) is 0 Å². The van der Waals surface area contributed by atoms with Crippen LogP contribution in [0.4, 0.5) is 0 Å². The summed E-state index contributed by atoms with van der Waals surface area (Å²) in [5.74, 6) is 0.667. The van der Waals surface area contributed by atoms with Crippen molar-refractivity contribution in [1.82, 2.24) is 0 Å². The highest BCUT2D eigenvalue weighted by Crippen LogP contribution is 2.37. The van der Waals surface area contributed by atoms with E-state index >= 15 is 0 Å². The van der Waals surface area contributed by atoms with Crippen molar-refractivity contribution in [3.8, 4) is 5.75 Å². The average molecular weight is 290 g/mol. The van der Waals surface area contributed by atoms with Gasteiger partial charge in [-0.1, -0.05) is 61.8 Å². The Labute approximate surface area is 125 Å². The fraction of sp³-hybridized carbons (Fsp3) is 0.294.